The second-order valence-corrected chi connectivity index (χ2v) is 8.95. The van der Waals surface area contributed by atoms with Crippen LogP contribution in [0.2, 0.25) is 0 Å². The summed E-state index contributed by atoms with van der Waals surface area (Å²) in [6.07, 6.45) is 0. The summed E-state index contributed by atoms with van der Waals surface area (Å²) in [6.45, 7) is -2.07. The average Bonchev–Trinajstić information content (AvgIpc) is 2.55. The van der Waals surface area contributed by atoms with Crippen LogP contribution in [0.15, 0.2) is 54.6 Å². The molecule has 5 nitrogen and oxygen atoms in total. The minimum atomic E-state index is -3.72. The second-order valence-electron chi connectivity index (χ2n) is 4.97. The molecule has 0 saturated heterocycles. The minimum absolute atomic E-state index is 0.135. The number of hydrogen-bond donors (Lipinski definition) is 1. The summed E-state index contributed by atoms with van der Waals surface area (Å²) in [5, 5.41) is 2.48. The Labute approximate surface area is 159 Å². The van der Waals surface area contributed by atoms with Gasteiger partial charge in [-0.05, 0) is 59.3 Å². The van der Waals surface area contributed by atoms with Crippen molar-refractivity contribution < 1.29 is 18.6 Å². The van der Waals surface area contributed by atoms with E-state index in [1.807, 2.05) is 30.3 Å². The fourth-order valence-corrected chi connectivity index (χ4v) is 3.85. The van der Waals surface area contributed by atoms with Crippen LogP contribution in [0.1, 0.15) is 12.5 Å². The second kappa shape index (κ2) is 8.85. The number of halogens is 2. The van der Waals surface area contributed by atoms with E-state index in [4.69, 9.17) is 20.5 Å². The van der Waals surface area contributed by atoms with Crippen molar-refractivity contribution in [1.29, 1.82) is 0 Å². The van der Waals surface area contributed by atoms with Crippen molar-refractivity contribution in [2.24, 2.45) is 0 Å². The van der Waals surface area contributed by atoms with Crippen LogP contribution >= 0.6 is 40.7 Å². The number of benzene rings is 2. The van der Waals surface area contributed by atoms with Gasteiger partial charge in [-0.15, -0.1) is 0 Å². The average molecular weight is 480 g/mol. The van der Waals surface area contributed by atoms with Crippen LogP contribution in [0.5, 0.6) is 5.75 Å². The highest BCUT2D eigenvalue weighted by atomic mass is 127. The van der Waals surface area contributed by atoms with Gasteiger partial charge in [0.2, 0.25) is 0 Å². The van der Waals surface area contributed by atoms with Gasteiger partial charge in [-0.2, -0.15) is 0 Å². The largest absolute Gasteiger partial charge is 0.460 e. The predicted octanol–water partition coefficient (Wildman–Crippen LogP) is 4.74. The van der Waals surface area contributed by atoms with Gasteiger partial charge >= 0.3 is 12.8 Å². The molecule has 0 aliphatic carbocycles. The van der Waals surface area contributed by atoms with Crippen molar-refractivity contribution in [2.45, 2.75) is 19.6 Å². The summed E-state index contributed by atoms with van der Waals surface area (Å²) in [4.78, 5) is 12.0. The van der Waals surface area contributed by atoms with Crippen LogP contribution in [0, 0.1) is 3.57 Å². The number of carbonyl (C=O) groups excluding carboxylic acids is 1. The standard InChI is InChI=1S/C16H16ClINO4P/c1-12(16(20)22-11-13-5-3-2-4-6-13)19-24(17,21)23-15-9-7-14(18)8-10-15/h2-10,12H,11H2,1H3,(H,19,21). The quantitative estimate of drug-likeness (QED) is 0.353. The first kappa shape index (κ1) is 19.2. The van der Waals surface area contributed by atoms with E-state index in [2.05, 4.69) is 27.7 Å². The molecule has 0 saturated carbocycles. The lowest BCUT2D eigenvalue weighted by Crippen LogP contribution is -2.33. The molecule has 2 aromatic carbocycles. The van der Waals surface area contributed by atoms with Gasteiger partial charge in [-0.3, -0.25) is 4.79 Å². The van der Waals surface area contributed by atoms with E-state index >= 15 is 0 Å². The molecule has 2 aromatic rings. The van der Waals surface area contributed by atoms with Crippen molar-refractivity contribution >= 4 is 46.7 Å². The van der Waals surface area contributed by atoms with Crippen LogP contribution in [-0.2, 0) is 20.7 Å². The Bertz CT molecular complexity index is 727. The molecule has 8 heteroatoms. The third-order valence-electron chi connectivity index (χ3n) is 2.96. The molecule has 2 rings (SSSR count). The normalized spacial score (nSPS) is 14.5. The molecule has 0 fully saturated rings. The monoisotopic (exact) mass is 479 g/mol. The first-order valence-corrected chi connectivity index (χ1v) is 10.7. The number of rotatable bonds is 7. The first-order valence-electron chi connectivity index (χ1n) is 7.09. The molecule has 1 N–H and O–H groups in total. The van der Waals surface area contributed by atoms with Gasteiger partial charge in [0.15, 0.2) is 0 Å². The van der Waals surface area contributed by atoms with Gasteiger partial charge in [0.1, 0.15) is 18.4 Å². The molecule has 0 heterocycles. The summed E-state index contributed by atoms with van der Waals surface area (Å²) in [7, 11) is 0. The van der Waals surface area contributed by atoms with Gasteiger partial charge < -0.3 is 9.26 Å². The number of esters is 1. The van der Waals surface area contributed by atoms with E-state index in [1.54, 1.807) is 24.3 Å². The Morgan fingerprint density at radius 1 is 1.21 bits per heavy atom. The molecule has 128 valence electrons. The molecule has 0 aromatic heterocycles. The molecule has 24 heavy (non-hydrogen) atoms. The zero-order valence-electron chi connectivity index (χ0n) is 12.8. The topological polar surface area (TPSA) is 64.6 Å². The van der Waals surface area contributed by atoms with Crippen LogP contribution in [0.4, 0.5) is 0 Å². The summed E-state index contributed by atoms with van der Waals surface area (Å²) in [5.41, 5.74) is 0.863. The molecule has 0 aliphatic rings. The Morgan fingerprint density at radius 3 is 2.46 bits per heavy atom. The van der Waals surface area contributed by atoms with Gasteiger partial charge in [0.25, 0.3) is 0 Å². The fraction of sp³-hybridized carbons (Fsp3) is 0.188. The van der Waals surface area contributed by atoms with Crippen molar-refractivity contribution in [3.8, 4) is 5.75 Å². The Morgan fingerprint density at radius 2 is 1.83 bits per heavy atom. The van der Waals surface area contributed by atoms with Crippen LogP contribution < -0.4 is 9.61 Å². The van der Waals surface area contributed by atoms with E-state index in [-0.39, 0.29) is 6.61 Å². The molecular formula is C16H16ClINO4P. The summed E-state index contributed by atoms with van der Waals surface area (Å²) in [6, 6.07) is 15.3. The third-order valence-corrected chi connectivity index (χ3v) is 5.32. The molecule has 0 bridgehead atoms. The van der Waals surface area contributed by atoms with Gasteiger partial charge in [-0.25, -0.2) is 9.65 Å². The predicted molar refractivity (Wildman–Crippen MR) is 102 cm³/mol. The Balaban J connectivity index is 1.87. The van der Waals surface area contributed by atoms with Gasteiger partial charge in [-0.1, -0.05) is 30.3 Å². The summed E-state index contributed by atoms with van der Waals surface area (Å²) in [5.74, 6) is -0.211. The summed E-state index contributed by atoms with van der Waals surface area (Å²) < 4.78 is 23.7. The lowest BCUT2D eigenvalue weighted by molar-refractivity contribution is -0.146. The van der Waals surface area contributed by atoms with E-state index in [9.17, 15) is 9.36 Å². The maximum Gasteiger partial charge on any atom is 0.409 e. The van der Waals surface area contributed by atoms with E-state index in [0.29, 0.717) is 5.75 Å². The Kier molecular flexibility index (Phi) is 7.10. The molecule has 0 aliphatic heterocycles. The van der Waals surface area contributed by atoms with Crippen LogP contribution in [-0.4, -0.2) is 12.0 Å². The van der Waals surface area contributed by atoms with Gasteiger partial charge in [0.05, 0.1) is 0 Å². The fourth-order valence-electron chi connectivity index (χ4n) is 1.80. The minimum Gasteiger partial charge on any atom is -0.460 e. The zero-order valence-corrected chi connectivity index (χ0v) is 16.6. The summed E-state index contributed by atoms with van der Waals surface area (Å²) >= 11 is 8.02. The lowest BCUT2D eigenvalue weighted by Gasteiger charge is -2.18. The van der Waals surface area contributed by atoms with Crippen LogP contribution in [0.25, 0.3) is 0 Å². The molecule has 2 atom stereocenters. The smallest absolute Gasteiger partial charge is 0.409 e. The molecule has 2 unspecified atom stereocenters. The molecule has 0 radical (unpaired) electrons. The number of carbonyl (C=O) groups is 1. The van der Waals surface area contributed by atoms with E-state index in [0.717, 1.165) is 9.13 Å². The molecule has 0 amide bonds. The molecular weight excluding hydrogens is 464 g/mol. The number of ether oxygens (including phenoxy) is 1. The highest BCUT2D eigenvalue weighted by Gasteiger charge is 2.28. The zero-order chi connectivity index (χ0) is 17.6. The number of hydrogen-bond acceptors (Lipinski definition) is 4. The van der Waals surface area contributed by atoms with Gasteiger partial charge in [0, 0.05) is 14.8 Å². The maximum absolute atomic E-state index is 12.3. The highest BCUT2D eigenvalue weighted by Crippen LogP contribution is 2.48. The van der Waals surface area contributed by atoms with Crippen LogP contribution in [0.3, 0.4) is 0 Å². The number of nitrogens with one attached hydrogen (secondary N) is 1. The van der Waals surface area contributed by atoms with Crippen molar-refractivity contribution in [1.82, 2.24) is 5.09 Å². The van der Waals surface area contributed by atoms with Crippen molar-refractivity contribution in [2.75, 3.05) is 0 Å². The van der Waals surface area contributed by atoms with Crippen molar-refractivity contribution in [3.05, 3.63) is 63.7 Å². The van der Waals surface area contributed by atoms with E-state index in [1.165, 1.54) is 6.92 Å². The first-order chi connectivity index (χ1) is 11.4. The maximum atomic E-state index is 12.3. The highest BCUT2D eigenvalue weighted by molar-refractivity contribution is 14.1. The Hall–Kier alpha value is -1.08. The lowest BCUT2D eigenvalue weighted by atomic mass is 10.2. The van der Waals surface area contributed by atoms with E-state index < -0.39 is 18.9 Å². The van der Waals surface area contributed by atoms with Crippen molar-refractivity contribution in [3.63, 3.8) is 0 Å². The SMILES string of the molecule is CC(NP(=O)(Cl)Oc1ccc(I)cc1)C(=O)OCc1ccccc1. The molecule has 0 spiro atoms. The third kappa shape index (κ3) is 6.43.